The molecule has 2 aliphatic heterocycles. The number of aliphatic imine (C=N–C) groups is 1. The van der Waals surface area contributed by atoms with Crippen LogP contribution in [0.25, 0.3) is 0 Å². The molecule has 2 rings (SSSR count). The number of nitrogens with zero attached hydrogens (tertiary/aromatic N) is 3. The molecule has 2 aliphatic rings. The Morgan fingerprint density at radius 2 is 1.87 bits per heavy atom. The summed E-state index contributed by atoms with van der Waals surface area (Å²) in [5, 5.41) is 7.11. The molecule has 2 heterocycles. The van der Waals surface area contributed by atoms with E-state index in [2.05, 4.69) is 39.3 Å². The standard InChI is InChI=1S/C18H37N5/c1-4-10-22-12-7-17(8-13-22)21-18(19-3)20-9-14-23-11-5-6-16(2)15-23/h16-17H,4-15H2,1-3H3,(H2,19,20,21). The summed E-state index contributed by atoms with van der Waals surface area (Å²) in [6.07, 6.45) is 6.46. The van der Waals surface area contributed by atoms with Crippen molar-refractivity contribution < 1.29 is 0 Å². The van der Waals surface area contributed by atoms with E-state index >= 15 is 0 Å². The van der Waals surface area contributed by atoms with Gasteiger partial charge < -0.3 is 20.4 Å². The van der Waals surface area contributed by atoms with Crippen LogP contribution in [0, 0.1) is 5.92 Å². The van der Waals surface area contributed by atoms with E-state index in [-0.39, 0.29) is 0 Å². The number of rotatable bonds is 6. The van der Waals surface area contributed by atoms with E-state index in [1.165, 1.54) is 64.8 Å². The molecule has 1 unspecified atom stereocenters. The van der Waals surface area contributed by atoms with Gasteiger partial charge in [0.1, 0.15) is 0 Å². The molecule has 2 fully saturated rings. The number of hydrogen-bond acceptors (Lipinski definition) is 3. The number of piperidine rings is 2. The van der Waals surface area contributed by atoms with Crippen LogP contribution in [-0.2, 0) is 0 Å². The minimum Gasteiger partial charge on any atom is -0.355 e. The average molecular weight is 324 g/mol. The molecule has 134 valence electrons. The van der Waals surface area contributed by atoms with Gasteiger partial charge >= 0.3 is 0 Å². The van der Waals surface area contributed by atoms with Crippen LogP contribution in [0.3, 0.4) is 0 Å². The molecule has 0 spiro atoms. The van der Waals surface area contributed by atoms with Crippen LogP contribution in [-0.4, -0.2) is 74.7 Å². The summed E-state index contributed by atoms with van der Waals surface area (Å²) in [6.45, 7) is 12.9. The highest BCUT2D eigenvalue weighted by Gasteiger charge is 2.19. The van der Waals surface area contributed by atoms with Crippen molar-refractivity contribution >= 4 is 5.96 Å². The van der Waals surface area contributed by atoms with Crippen molar-refractivity contribution in [3.05, 3.63) is 0 Å². The highest BCUT2D eigenvalue weighted by Crippen LogP contribution is 2.14. The SMILES string of the molecule is CCCN1CCC(NC(=NC)NCCN2CCCC(C)C2)CC1. The van der Waals surface area contributed by atoms with Crippen LogP contribution in [0.15, 0.2) is 4.99 Å². The largest absolute Gasteiger partial charge is 0.355 e. The highest BCUT2D eigenvalue weighted by atomic mass is 15.2. The summed E-state index contributed by atoms with van der Waals surface area (Å²) in [5.41, 5.74) is 0. The first-order chi connectivity index (χ1) is 11.2. The topological polar surface area (TPSA) is 42.9 Å². The van der Waals surface area contributed by atoms with E-state index in [1.807, 2.05) is 7.05 Å². The predicted octanol–water partition coefficient (Wildman–Crippen LogP) is 1.76. The fourth-order valence-corrected chi connectivity index (χ4v) is 3.83. The lowest BCUT2D eigenvalue weighted by Crippen LogP contribution is -2.50. The van der Waals surface area contributed by atoms with E-state index in [1.54, 1.807) is 0 Å². The van der Waals surface area contributed by atoms with Gasteiger partial charge in [0.2, 0.25) is 0 Å². The Labute approximate surface area is 142 Å². The van der Waals surface area contributed by atoms with E-state index in [9.17, 15) is 0 Å². The maximum absolute atomic E-state index is 4.40. The van der Waals surface area contributed by atoms with Crippen LogP contribution in [0.2, 0.25) is 0 Å². The lowest BCUT2D eigenvalue weighted by Gasteiger charge is -2.33. The third kappa shape index (κ3) is 6.68. The van der Waals surface area contributed by atoms with Crippen LogP contribution in [0.5, 0.6) is 0 Å². The second kappa shape index (κ2) is 10.1. The Morgan fingerprint density at radius 3 is 2.52 bits per heavy atom. The van der Waals surface area contributed by atoms with Gasteiger partial charge in [-0.3, -0.25) is 4.99 Å². The van der Waals surface area contributed by atoms with Crippen LogP contribution >= 0.6 is 0 Å². The van der Waals surface area contributed by atoms with E-state index in [0.29, 0.717) is 6.04 Å². The first-order valence-corrected chi connectivity index (χ1v) is 9.63. The van der Waals surface area contributed by atoms with Crippen molar-refractivity contribution in [3.63, 3.8) is 0 Å². The molecule has 1 atom stereocenters. The van der Waals surface area contributed by atoms with Crippen molar-refractivity contribution in [3.8, 4) is 0 Å². The average Bonchev–Trinajstić information content (AvgIpc) is 2.56. The molecule has 0 amide bonds. The summed E-state index contributed by atoms with van der Waals surface area (Å²) in [6, 6.07) is 0.573. The Kier molecular flexibility index (Phi) is 8.17. The van der Waals surface area contributed by atoms with Gasteiger partial charge in [-0.1, -0.05) is 13.8 Å². The summed E-state index contributed by atoms with van der Waals surface area (Å²) in [5.74, 6) is 1.83. The van der Waals surface area contributed by atoms with Gasteiger partial charge in [0.15, 0.2) is 5.96 Å². The minimum absolute atomic E-state index is 0.573. The second-order valence-corrected chi connectivity index (χ2v) is 7.31. The van der Waals surface area contributed by atoms with Gasteiger partial charge in [0.05, 0.1) is 0 Å². The van der Waals surface area contributed by atoms with Crippen LogP contribution in [0.1, 0.15) is 46.0 Å². The van der Waals surface area contributed by atoms with Gasteiger partial charge in [-0.2, -0.15) is 0 Å². The first-order valence-electron chi connectivity index (χ1n) is 9.63. The van der Waals surface area contributed by atoms with Crippen molar-refractivity contribution in [2.24, 2.45) is 10.9 Å². The Bertz CT molecular complexity index is 349. The van der Waals surface area contributed by atoms with Crippen molar-refractivity contribution in [1.29, 1.82) is 0 Å². The summed E-state index contributed by atoms with van der Waals surface area (Å²) in [4.78, 5) is 9.55. The Hall–Kier alpha value is -0.810. The third-order valence-corrected chi connectivity index (χ3v) is 5.15. The summed E-state index contributed by atoms with van der Waals surface area (Å²) < 4.78 is 0. The summed E-state index contributed by atoms with van der Waals surface area (Å²) >= 11 is 0. The fraction of sp³-hybridized carbons (Fsp3) is 0.944. The molecule has 2 saturated heterocycles. The number of nitrogens with one attached hydrogen (secondary N) is 2. The third-order valence-electron chi connectivity index (χ3n) is 5.15. The van der Waals surface area contributed by atoms with Gasteiger partial charge in [-0.05, 0) is 51.1 Å². The molecule has 0 aromatic carbocycles. The smallest absolute Gasteiger partial charge is 0.191 e. The van der Waals surface area contributed by atoms with E-state index in [4.69, 9.17) is 0 Å². The normalized spacial score (nSPS) is 25.5. The molecule has 0 aliphatic carbocycles. The second-order valence-electron chi connectivity index (χ2n) is 7.31. The van der Waals surface area contributed by atoms with E-state index < -0.39 is 0 Å². The molecule has 2 N–H and O–H groups in total. The lowest BCUT2D eigenvalue weighted by atomic mass is 10.0. The lowest BCUT2D eigenvalue weighted by molar-refractivity contribution is 0.186. The van der Waals surface area contributed by atoms with Gasteiger partial charge in [-0.15, -0.1) is 0 Å². The predicted molar refractivity (Wildman–Crippen MR) is 99.1 cm³/mol. The molecule has 0 radical (unpaired) electrons. The maximum atomic E-state index is 4.40. The van der Waals surface area contributed by atoms with Crippen molar-refractivity contribution in [1.82, 2.24) is 20.4 Å². The van der Waals surface area contributed by atoms with Crippen LogP contribution < -0.4 is 10.6 Å². The monoisotopic (exact) mass is 323 g/mol. The number of likely N-dealkylation sites (tertiary alicyclic amines) is 2. The molecular weight excluding hydrogens is 286 g/mol. The zero-order valence-corrected chi connectivity index (χ0v) is 15.5. The van der Waals surface area contributed by atoms with Crippen molar-refractivity contribution in [2.75, 3.05) is 52.9 Å². The number of hydrogen-bond donors (Lipinski definition) is 2. The van der Waals surface area contributed by atoms with Gasteiger partial charge in [-0.25, -0.2) is 0 Å². The summed E-state index contributed by atoms with van der Waals surface area (Å²) in [7, 11) is 1.88. The molecule has 0 aromatic rings. The quantitative estimate of drug-likeness (QED) is 0.577. The van der Waals surface area contributed by atoms with Gasteiger partial charge in [0.25, 0.3) is 0 Å². The zero-order valence-electron chi connectivity index (χ0n) is 15.5. The molecule has 0 aromatic heterocycles. The highest BCUT2D eigenvalue weighted by molar-refractivity contribution is 5.79. The maximum Gasteiger partial charge on any atom is 0.191 e. The molecule has 5 nitrogen and oxygen atoms in total. The first kappa shape index (κ1) is 18.5. The zero-order chi connectivity index (χ0) is 16.5. The molecular formula is C18H37N5. The molecule has 23 heavy (non-hydrogen) atoms. The number of guanidine groups is 1. The molecule has 0 saturated carbocycles. The van der Waals surface area contributed by atoms with Crippen LogP contribution in [0.4, 0.5) is 0 Å². The van der Waals surface area contributed by atoms with Crippen molar-refractivity contribution in [2.45, 2.75) is 52.0 Å². The fourth-order valence-electron chi connectivity index (χ4n) is 3.83. The molecule has 5 heteroatoms. The minimum atomic E-state index is 0.573. The van der Waals surface area contributed by atoms with Gasteiger partial charge in [0, 0.05) is 45.8 Å². The van der Waals surface area contributed by atoms with E-state index in [0.717, 1.165) is 25.0 Å². The molecule has 0 bridgehead atoms. The Balaban J connectivity index is 1.62. The Morgan fingerprint density at radius 1 is 1.09 bits per heavy atom.